The van der Waals surface area contributed by atoms with E-state index in [1.807, 2.05) is 0 Å². The van der Waals surface area contributed by atoms with Gasteiger partial charge >= 0.3 is 0 Å². The van der Waals surface area contributed by atoms with Gasteiger partial charge in [-0.25, -0.2) is 0 Å². The Kier molecular flexibility index (Phi) is 2.76. The van der Waals surface area contributed by atoms with E-state index in [1.165, 1.54) is 6.92 Å². The Morgan fingerprint density at radius 1 is 1.43 bits per heavy atom. The maximum atomic E-state index is 10.7. The lowest BCUT2D eigenvalue weighted by Crippen LogP contribution is -2.47. The van der Waals surface area contributed by atoms with E-state index in [2.05, 4.69) is 0 Å². The lowest BCUT2D eigenvalue weighted by molar-refractivity contribution is -0.139. The molecule has 80 valence electrons. The Morgan fingerprint density at radius 2 is 2.00 bits per heavy atom. The fourth-order valence-corrected chi connectivity index (χ4v) is 2.10. The summed E-state index contributed by atoms with van der Waals surface area (Å²) in [6.45, 7) is 1.36. The monoisotopic (exact) mass is 202 g/mol. The van der Waals surface area contributed by atoms with Crippen molar-refractivity contribution in [3.63, 3.8) is 0 Å². The fourth-order valence-electron chi connectivity index (χ4n) is 2.10. The molecule has 0 radical (unpaired) electrons. The van der Waals surface area contributed by atoms with Crippen LogP contribution in [0.15, 0.2) is 0 Å². The second-order valence-corrected chi connectivity index (χ2v) is 4.05. The number of rotatable bonds is 3. The molecule has 2 unspecified atom stereocenters. The molecule has 1 aliphatic carbocycles. The van der Waals surface area contributed by atoms with Gasteiger partial charge in [-0.15, -0.1) is 0 Å². The SMILES string of the molecule is C[C@]1(O)CC(O)[C@](O)(CC=O)C1C=O. The minimum atomic E-state index is -1.83. The van der Waals surface area contributed by atoms with Crippen LogP contribution in [0, 0.1) is 5.92 Å². The molecule has 3 N–H and O–H groups in total. The zero-order valence-corrected chi connectivity index (χ0v) is 7.88. The number of carbonyl (C=O) groups is 2. The summed E-state index contributed by atoms with van der Waals surface area (Å²) in [4.78, 5) is 21.0. The number of hydrogen-bond donors (Lipinski definition) is 3. The van der Waals surface area contributed by atoms with Gasteiger partial charge in [0.2, 0.25) is 0 Å². The molecule has 0 aliphatic heterocycles. The summed E-state index contributed by atoms with van der Waals surface area (Å²) in [6, 6.07) is 0. The first kappa shape index (κ1) is 11.3. The molecule has 1 rings (SSSR count). The highest BCUT2D eigenvalue weighted by atomic mass is 16.4. The molecule has 0 heterocycles. The van der Waals surface area contributed by atoms with Crippen LogP contribution in [0.2, 0.25) is 0 Å². The summed E-state index contributed by atoms with van der Waals surface area (Å²) >= 11 is 0. The number of aliphatic hydroxyl groups is 3. The Bertz CT molecular complexity index is 250. The number of aldehydes is 2. The zero-order chi connectivity index (χ0) is 11.0. The van der Waals surface area contributed by atoms with Crippen molar-refractivity contribution in [1.82, 2.24) is 0 Å². The lowest BCUT2D eigenvalue weighted by atomic mass is 9.83. The summed E-state index contributed by atoms with van der Waals surface area (Å²) < 4.78 is 0. The Hall–Kier alpha value is -0.780. The van der Waals surface area contributed by atoms with Gasteiger partial charge in [-0.1, -0.05) is 0 Å². The fraction of sp³-hybridized carbons (Fsp3) is 0.778. The summed E-state index contributed by atoms with van der Waals surface area (Å²) in [5, 5.41) is 29.1. The molecule has 5 heteroatoms. The van der Waals surface area contributed by atoms with E-state index in [9.17, 15) is 24.9 Å². The van der Waals surface area contributed by atoms with Gasteiger partial charge in [-0.3, -0.25) is 0 Å². The largest absolute Gasteiger partial charge is 0.390 e. The van der Waals surface area contributed by atoms with Crippen LogP contribution in [0.3, 0.4) is 0 Å². The normalized spacial score (nSPS) is 47.7. The van der Waals surface area contributed by atoms with E-state index in [0.29, 0.717) is 12.6 Å². The number of aliphatic hydroxyl groups excluding tert-OH is 1. The second kappa shape index (κ2) is 3.42. The average Bonchev–Trinajstić information content (AvgIpc) is 2.19. The van der Waals surface area contributed by atoms with Crippen LogP contribution >= 0.6 is 0 Å². The maximum Gasteiger partial charge on any atom is 0.128 e. The van der Waals surface area contributed by atoms with E-state index >= 15 is 0 Å². The van der Waals surface area contributed by atoms with Crippen LogP contribution in [-0.2, 0) is 9.59 Å². The van der Waals surface area contributed by atoms with E-state index in [-0.39, 0.29) is 12.8 Å². The molecule has 0 aromatic heterocycles. The summed E-state index contributed by atoms with van der Waals surface area (Å²) in [6.07, 6.45) is -0.895. The van der Waals surface area contributed by atoms with Crippen LogP contribution in [0.1, 0.15) is 19.8 Å². The molecule has 1 saturated carbocycles. The number of hydrogen-bond acceptors (Lipinski definition) is 5. The molecule has 5 nitrogen and oxygen atoms in total. The van der Waals surface area contributed by atoms with Gasteiger partial charge in [0.25, 0.3) is 0 Å². The summed E-state index contributed by atoms with van der Waals surface area (Å²) in [5.41, 5.74) is -3.29. The molecule has 0 spiro atoms. The molecule has 0 bridgehead atoms. The third-order valence-electron chi connectivity index (χ3n) is 2.94. The molecule has 1 fully saturated rings. The smallest absolute Gasteiger partial charge is 0.128 e. The highest BCUT2D eigenvalue weighted by Gasteiger charge is 2.58. The predicted octanol–water partition coefficient (Wildman–Crippen LogP) is -1.36. The summed E-state index contributed by atoms with van der Waals surface area (Å²) in [7, 11) is 0. The van der Waals surface area contributed by atoms with Crippen molar-refractivity contribution in [3.8, 4) is 0 Å². The molecule has 0 saturated heterocycles. The third kappa shape index (κ3) is 1.47. The van der Waals surface area contributed by atoms with E-state index in [1.54, 1.807) is 0 Å². The Balaban J connectivity index is 3.04. The van der Waals surface area contributed by atoms with Gasteiger partial charge in [0.15, 0.2) is 0 Å². The highest BCUT2D eigenvalue weighted by molar-refractivity contribution is 5.63. The van der Waals surface area contributed by atoms with Crippen LogP contribution in [-0.4, -0.2) is 45.2 Å². The molecule has 1 aliphatic rings. The predicted molar refractivity (Wildman–Crippen MR) is 46.4 cm³/mol. The van der Waals surface area contributed by atoms with Crippen molar-refractivity contribution < 1.29 is 24.9 Å². The number of carbonyl (C=O) groups excluding carboxylic acids is 2. The van der Waals surface area contributed by atoms with Crippen molar-refractivity contribution >= 4 is 12.6 Å². The van der Waals surface area contributed by atoms with Crippen molar-refractivity contribution in [2.24, 2.45) is 5.92 Å². The molecule has 0 aromatic carbocycles. The van der Waals surface area contributed by atoms with Gasteiger partial charge in [-0.2, -0.15) is 0 Å². The zero-order valence-electron chi connectivity index (χ0n) is 7.88. The third-order valence-corrected chi connectivity index (χ3v) is 2.94. The van der Waals surface area contributed by atoms with Crippen LogP contribution in [0.4, 0.5) is 0 Å². The first-order valence-electron chi connectivity index (χ1n) is 4.40. The molecule has 14 heavy (non-hydrogen) atoms. The van der Waals surface area contributed by atoms with Gasteiger partial charge in [0, 0.05) is 12.8 Å². The molecular weight excluding hydrogens is 188 g/mol. The average molecular weight is 202 g/mol. The lowest BCUT2D eigenvalue weighted by Gasteiger charge is -2.30. The summed E-state index contributed by atoms with van der Waals surface area (Å²) in [5.74, 6) is -1.13. The Labute approximate surface area is 81.4 Å². The highest BCUT2D eigenvalue weighted by Crippen LogP contribution is 2.43. The van der Waals surface area contributed by atoms with Crippen molar-refractivity contribution in [3.05, 3.63) is 0 Å². The Morgan fingerprint density at radius 3 is 2.43 bits per heavy atom. The molecule has 0 amide bonds. The van der Waals surface area contributed by atoms with Gasteiger partial charge in [0.05, 0.1) is 17.6 Å². The maximum absolute atomic E-state index is 10.7. The minimum absolute atomic E-state index is 0.110. The first-order valence-corrected chi connectivity index (χ1v) is 4.40. The van der Waals surface area contributed by atoms with Gasteiger partial charge < -0.3 is 24.9 Å². The quantitative estimate of drug-likeness (QED) is 0.491. The second-order valence-electron chi connectivity index (χ2n) is 4.05. The van der Waals surface area contributed by atoms with E-state index < -0.39 is 23.2 Å². The van der Waals surface area contributed by atoms with Gasteiger partial charge in [0.1, 0.15) is 18.2 Å². The first-order chi connectivity index (χ1) is 6.38. The topological polar surface area (TPSA) is 94.8 Å². The molecule has 0 aromatic rings. The minimum Gasteiger partial charge on any atom is -0.390 e. The van der Waals surface area contributed by atoms with Crippen molar-refractivity contribution in [2.45, 2.75) is 37.1 Å². The van der Waals surface area contributed by atoms with Crippen LogP contribution in [0.5, 0.6) is 0 Å². The van der Waals surface area contributed by atoms with Crippen LogP contribution in [0.25, 0.3) is 0 Å². The van der Waals surface area contributed by atoms with Crippen molar-refractivity contribution in [2.75, 3.05) is 0 Å². The van der Waals surface area contributed by atoms with E-state index in [0.717, 1.165) is 0 Å². The van der Waals surface area contributed by atoms with Crippen LogP contribution < -0.4 is 0 Å². The molecule has 4 atom stereocenters. The van der Waals surface area contributed by atoms with Crippen molar-refractivity contribution in [1.29, 1.82) is 0 Å². The standard InChI is InChI=1S/C9H14O5/c1-8(13)4-7(12)9(14,2-3-10)6(8)5-11/h3,5-7,12-14H,2,4H2,1H3/t6?,7?,8-,9-/m0/s1. The molecular formula is C9H14O5. The van der Waals surface area contributed by atoms with Gasteiger partial charge in [-0.05, 0) is 6.92 Å². The van der Waals surface area contributed by atoms with E-state index in [4.69, 9.17) is 0 Å².